The molecule has 2 aliphatic carbocycles. The summed E-state index contributed by atoms with van der Waals surface area (Å²) in [7, 11) is 3.21. The van der Waals surface area contributed by atoms with Crippen LogP contribution in [0.5, 0.6) is 0 Å². The molecule has 2 aliphatic rings. The van der Waals surface area contributed by atoms with Crippen molar-refractivity contribution in [2.75, 3.05) is 19.4 Å². The molecule has 0 saturated heterocycles. The van der Waals surface area contributed by atoms with Crippen LogP contribution < -0.4 is 10.6 Å². The Morgan fingerprint density at radius 1 is 1.18 bits per heavy atom. The number of carbonyl (C=O) groups is 1. The number of aromatic nitrogens is 9. The second kappa shape index (κ2) is 6.98. The number of aliphatic hydroxyl groups is 2. The summed E-state index contributed by atoms with van der Waals surface area (Å²) in [5, 5.41) is 36.5. The van der Waals surface area contributed by atoms with Gasteiger partial charge in [-0.15, -0.1) is 5.10 Å². The second-order valence-electron chi connectivity index (χ2n) is 8.54. The molecule has 0 spiro atoms. The van der Waals surface area contributed by atoms with Gasteiger partial charge in [-0.1, -0.05) is 5.21 Å². The van der Waals surface area contributed by atoms with Gasteiger partial charge >= 0.3 is 0 Å². The van der Waals surface area contributed by atoms with E-state index in [-0.39, 0.29) is 29.8 Å². The lowest BCUT2D eigenvalue weighted by atomic mass is 9.94. The predicted molar refractivity (Wildman–Crippen MR) is 116 cm³/mol. The van der Waals surface area contributed by atoms with Crippen LogP contribution in [0.3, 0.4) is 0 Å². The second-order valence-corrected chi connectivity index (χ2v) is 8.54. The summed E-state index contributed by atoms with van der Waals surface area (Å²) in [5.74, 6) is 0.536. The maximum absolute atomic E-state index is 12.5. The topological polar surface area (TPSA) is 182 Å². The monoisotopic (exact) mass is 463 g/mol. The number of hydrogen-bond acceptors (Lipinski definition) is 11. The lowest BCUT2D eigenvalue weighted by Crippen LogP contribution is -2.49. The predicted octanol–water partition coefficient (Wildman–Crippen LogP) is -0.932. The van der Waals surface area contributed by atoms with Crippen LogP contribution in [0.2, 0.25) is 0 Å². The van der Waals surface area contributed by atoms with Gasteiger partial charge in [-0.2, -0.15) is 14.6 Å². The highest BCUT2D eigenvalue weighted by Gasteiger charge is 2.76. The SMILES string of the molecule is CNC(=O)C12CC1C[C@](O)(n1cnc3c(NC)nc(-n4cc(-c5ncccn5)nn4)nc31)[C@@H]2O. The quantitative estimate of drug-likeness (QED) is 0.287. The van der Waals surface area contributed by atoms with Crippen molar-refractivity contribution in [1.82, 2.24) is 49.8 Å². The molecule has 34 heavy (non-hydrogen) atoms. The Labute approximate surface area is 192 Å². The lowest BCUT2D eigenvalue weighted by molar-refractivity contribution is -0.155. The number of amides is 1. The molecular formula is C20H21N11O3. The average Bonchev–Trinajstić information content (AvgIpc) is 3.19. The zero-order chi connectivity index (χ0) is 23.7. The number of nitrogens with zero attached hydrogens (tertiary/aromatic N) is 9. The Morgan fingerprint density at radius 2 is 1.97 bits per heavy atom. The van der Waals surface area contributed by atoms with Gasteiger partial charge in [-0.3, -0.25) is 9.36 Å². The fourth-order valence-electron chi connectivity index (χ4n) is 5.03. The first-order valence-electron chi connectivity index (χ1n) is 10.7. The molecule has 1 amide bonds. The molecule has 2 saturated carbocycles. The Bertz CT molecular complexity index is 1420. The van der Waals surface area contributed by atoms with Gasteiger partial charge in [0.25, 0.3) is 5.95 Å². The molecule has 174 valence electrons. The molecule has 2 unspecified atom stereocenters. The van der Waals surface area contributed by atoms with E-state index in [2.05, 4.69) is 45.9 Å². The van der Waals surface area contributed by atoms with E-state index in [9.17, 15) is 15.0 Å². The van der Waals surface area contributed by atoms with Gasteiger partial charge in [0, 0.05) is 32.9 Å². The largest absolute Gasteiger partial charge is 0.387 e. The summed E-state index contributed by atoms with van der Waals surface area (Å²) < 4.78 is 2.77. The first-order valence-corrected chi connectivity index (χ1v) is 10.7. The van der Waals surface area contributed by atoms with Crippen LogP contribution in [0.15, 0.2) is 31.0 Å². The van der Waals surface area contributed by atoms with Gasteiger partial charge in [0.15, 0.2) is 34.2 Å². The number of rotatable bonds is 5. The van der Waals surface area contributed by atoms with E-state index in [1.807, 2.05) is 0 Å². The lowest BCUT2D eigenvalue weighted by Gasteiger charge is -2.33. The number of anilines is 1. The van der Waals surface area contributed by atoms with Crippen LogP contribution in [0.25, 0.3) is 28.6 Å². The van der Waals surface area contributed by atoms with Crippen molar-refractivity contribution in [2.24, 2.45) is 11.3 Å². The number of hydrogen-bond donors (Lipinski definition) is 4. The maximum Gasteiger partial charge on any atom is 0.256 e. The highest BCUT2D eigenvalue weighted by atomic mass is 16.4. The minimum Gasteiger partial charge on any atom is -0.387 e. The first kappa shape index (κ1) is 20.6. The molecule has 0 aromatic carbocycles. The summed E-state index contributed by atoms with van der Waals surface area (Å²) in [5.41, 5.74) is -1.67. The molecule has 4 N–H and O–H groups in total. The summed E-state index contributed by atoms with van der Waals surface area (Å²) in [6.07, 6.45) is 5.59. The Kier molecular flexibility index (Phi) is 4.22. The molecule has 0 aliphatic heterocycles. The Morgan fingerprint density at radius 3 is 2.71 bits per heavy atom. The Balaban J connectivity index is 1.45. The van der Waals surface area contributed by atoms with Crippen LogP contribution >= 0.6 is 0 Å². The van der Waals surface area contributed by atoms with Crippen molar-refractivity contribution >= 4 is 22.9 Å². The smallest absolute Gasteiger partial charge is 0.256 e. The van der Waals surface area contributed by atoms with Gasteiger partial charge in [0.2, 0.25) is 5.91 Å². The minimum atomic E-state index is -1.76. The van der Waals surface area contributed by atoms with Gasteiger partial charge in [-0.05, 0) is 18.4 Å². The van der Waals surface area contributed by atoms with Crippen molar-refractivity contribution in [3.8, 4) is 17.5 Å². The third kappa shape index (κ3) is 2.63. The molecule has 6 rings (SSSR count). The third-order valence-electron chi connectivity index (χ3n) is 6.81. The van der Waals surface area contributed by atoms with Gasteiger partial charge in [0.1, 0.15) is 6.10 Å². The van der Waals surface area contributed by atoms with Crippen LogP contribution in [0, 0.1) is 11.3 Å². The normalized spacial score (nSPS) is 27.5. The number of nitrogens with one attached hydrogen (secondary N) is 2. The minimum absolute atomic E-state index is 0.140. The van der Waals surface area contributed by atoms with Gasteiger partial charge in [0.05, 0.1) is 17.9 Å². The molecule has 0 bridgehead atoms. The zero-order valence-corrected chi connectivity index (χ0v) is 18.3. The molecule has 0 radical (unpaired) electrons. The standard InChI is InChI=1S/C20H21N11O3/c1-21-14-12-15(27-18(26-14)31-8-11(28-29-31)13-23-4-3-5-24-13)30(9-25-12)20(34)7-10-6-19(10,16(20)32)17(33)22-2/h3-5,8-10,16,32,34H,6-7H2,1-2H3,(H,22,33)(H,21,26,27)/t10?,16-,19?,20-/m1/s1. The Hall–Kier alpha value is -4.04. The zero-order valence-electron chi connectivity index (χ0n) is 18.3. The van der Waals surface area contributed by atoms with E-state index >= 15 is 0 Å². The summed E-state index contributed by atoms with van der Waals surface area (Å²) in [6.45, 7) is 0. The van der Waals surface area contributed by atoms with Crippen LogP contribution in [-0.4, -0.2) is 80.8 Å². The van der Waals surface area contributed by atoms with Crippen molar-refractivity contribution in [3.63, 3.8) is 0 Å². The van der Waals surface area contributed by atoms with E-state index in [1.165, 1.54) is 22.6 Å². The summed E-state index contributed by atoms with van der Waals surface area (Å²) >= 11 is 0. The van der Waals surface area contributed by atoms with Crippen LogP contribution in [0.1, 0.15) is 12.8 Å². The van der Waals surface area contributed by atoms with E-state index in [1.54, 1.807) is 31.7 Å². The van der Waals surface area contributed by atoms with E-state index < -0.39 is 17.2 Å². The first-order chi connectivity index (χ1) is 16.4. The van der Waals surface area contributed by atoms with Crippen molar-refractivity contribution < 1.29 is 15.0 Å². The van der Waals surface area contributed by atoms with Crippen molar-refractivity contribution in [3.05, 3.63) is 31.0 Å². The van der Waals surface area contributed by atoms with Gasteiger partial charge < -0.3 is 20.8 Å². The fourth-order valence-corrected chi connectivity index (χ4v) is 5.03. The molecule has 14 nitrogen and oxygen atoms in total. The molecule has 2 fully saturated rings. The highest BCUT2D eigenvalue weighted by molar-refractivity contribution is 5.88. The fraction of sp³-hybridized carbons (Fsp3) is 0.400. The summed E-state index contributed by atoms with van der Waals surface area (Å²) in [6, 6.07) is 1.70. The summed E-state index contributed by atoms with van der Waals surface area (Å²) in [4.78, 5) is 34.2. The van der Waals surface area contributed by atoms with E-state index in [0.717, 1.165) is 0 Å². The molecular weight excluding hydrogens is 442 g/mol. The molecule has 4 aromatic heterocycles. The molecule has 4 heterocycles. The molecule has 4 atom stereocenters. The van der Waals surface area contributed by atoms with Crippen molar-refractivity contribution in [2.45, 2.75) is 24.7 Å². The average molecular weight is 463 g/mol. The van der Waals surface area contributed by atoms with Crippen LogP contribution in [0.4, 0.5) is 5.82 Å². The van der Waals surface area contributed by atoms with Gasteiger partial charge in [-0.25, -0.2) is 15.0 Å². The third-order valence-corrected chi connectivity index (χ3v) is 6.81. The number of imidazole rings is 1. The number of fused-ring (bicyclic) bond motifs is 2. The number of aliphatic hydroxyl groups excluding tert-OH is 1. The molecule has 14 heteroatoms. The van der Waals surface area contributed by atoms with E-state index in [4.69, 9.17) is 0 Å². The highest BCUT2D eigenvalue weighted by Crippen LogP contribution is 2.68. The van der Waals surface area contributed by atoms with Crippen LogP contribution in [-0.2, 0) is 10.5 Å². The van der Waals surface area contributed by atoms with E-state index in [0.29, 0.717) is 29.3 Å². The van der Waals surface area contributed by atoms with Crippen molar-refractivity contribution in [1.29, 1.82) is 0 Å². The number of carbonyl (C=O) groups excluding carboxylic acids is 1. The maximum atomic E-state index is 12.5. The molecule has 4 aromatic rings.